The predicted octanol–water partition coefficient (Wildman–Crippen LogP) is 4.01. The lowest BCUT2D eigenvalue weighted by Crippen LogP contribution is -2.37. The van der Waals surface area contributed by atoms with Crippen molar-refractivity contribution in [2.75, 3.05) is 11.4 Å². The lowest BCUT2D eigenvalue weighted by Gasteiger charge is -2.28. The number of benzene rings is 3. The SMILES string of the molecule is Cn1nc(CN(C(=O)c2ccccc2)c2ccccc2)c2c1CCN(S(=O)(=O)c1ccccc1)C2. The van der Waals surface area contributed by atoms with Crippen molar-refractivity contribution in [2.24, 2.45) is 7.05 Å². The molecule has 5 rings (SSSR count). The maximum absolute atomic E-state index is 13.5. The highest BCUT2D eigenvalue weighted by Crippen LogP contribution is 2.29. The number of sulfonamides is 1. The summed E-state index contributed by atoms with van der Waals surface area (Å²) in [6.07, 6.45) is 0.558. The minimum atomic E-state index is -3.64. The van der Waals surface area contributed by atoms with Gasteiger partial charge in [0.25, 0.3) is 5.91 Å². The van der Waals surface area contributed by atoms with Gasteiger partial charge in [-0.1, -0.05) is 54.6 Å². The number of carbonyl (C=O) groups excluding carboxylic acids is 1. The van der Waals surface area contributed by atoms with Crippen molar-refractivity contribution in [1.29, 1.82) is 0 Å². The molecule has 0 radical (unpaired) electrons. The minimum absolute atomic E-state index is 0.138. The first-order valence-corrected chi connectivity index (χ1v) is 12.9. The summed E-state index contributed by atoms with van der Waals surface area (Å²) < 4.78 is 29.9. The number of rotatable bonds is 6. The van der Waals surface area contributed by atoms with Crippen LogP contribution in [0.5, 0.6) is 0 Å². The number of para-hydroxylation sites is 1. The molecule has 0 bridgehead atoms. The standard InChI is InChI=1S/C27H26N4O3S/c1-29-26-17-18-30(35(33,34)23-15-9-4-10-16-23)19-24(26)25(28-29)20-31(22-13-7-3-8-14-22)27(32)21-11-5-2-6-12-21/h2-16H,17-20H2,1H3. The van der Waals surface area contributed by atoms with Crippen molar-refractivity contribution < 1.29 is 13.2 Å². The molecule has 0 saturated carbocycles. The molecule has 1 aliphatic heterocycles. The van der Waals surface area contributed by atoms with Crippen LogP contribution in [0, 0.1) is 0 Å². The van der Waals surface area contributed by atoms with E-state index < -0.39 is 10.0 Å². The molecule has 4 aromatic rings. The number of carbonyl (C=O) groups is 1. The fourth-order valence-corrected chi connectivity index (χ4v) is 5.92. The lowest BCUT2D eigenvalue weighted by atomic mass is 10.1. The molecule has 0 fully saturated rings. The number of hydrogen-bond acceptors (Lipinski definition) is 4. The van der Waals surface area contributed by atoms with Crippen LogP contribution in [-0.4, -0.2) is 35.0 Å². The van der Waals surface area contributed by atoms with E-state index in [0.717, 1.165) is 16.9 Å². The van der Waals surface area contributed by atoms with Gasteiger partial charge in [0.1, 0.15) is 0 Å². The summed E-state index contributed by atoms with van der Waals surface area (Å²) in [7, 11) is -1.77. The van der Waals surface area contributed by atoms with E-state index in [1.807, 2.05) is 60.3 Å². The first kappa shape index (κ1) is 23.0. The van der Waals surface area contributed by atoms with Crippen LogP contribution in [0.15, 0.2) is 95.9 Å². The van der Waals surface area contributed by atoms with Gasteiger partial charge < -0.3 is 4.90 Å². The molecule has 0 saturated heterocycles. The smallest absolute Gasteiger partial charge is 0.258 e. The Balaban J connectivity index is 1.50. The normalized spacial score (nSPS) is 13.9. The van der Waals surface area contributed by atoms with Gasteiger partial charge in [-0.25, -0.2) is 8.42 Å². The van der Waals surface area contributed by atoms with Gasteiger partial charge in [0, 0.05) is 49.1 Å². The number of aryl methyl sites for hydroxylation is 1. The summed E-state index contributed by atoms with van der Waals surface area (Å²) in [5.41, 5.74) is 3.89. The number of hydrogen-bond donors (Lipinski definition) is 0. The summed E-state index contributed by atoms with van der Waals surface area (Å²) >= 11 is 0. The fourth-order valence-electron chi connectivity index (χ4n) is 4.49. The highest BCUT2D eigenvalue weighted by molar-refractivity contribution is 7.89. The van der Waals surface area contributed by atoms with Gasteiger partial charge in [-0.05, 0) is 36.4 Å². The van der Waals surface area contributed by atoms with E-state index in [-0.39, 0.29) is 23.9 Å². The van der Waals surface area contributed by atoms with Crippen molar-refractivity contribution in [2.45, 2.75) is 24.4 Å². The van der Waals surface area contributed by atoms with Gasteiger partial charge in [-0.3, -0.25) is 9.48 Å². The average molecular weight is 487 g/mol. The van der Waals surface area contributed by atoms with Crippen LogP contribution < -0.4 is 4.90 Å². The Morgan fingerprint density at radius 3 is 2.17 bits per heavy atom. The molecule has 7 nitrogen and oxygen atoms in total. The van der Waals surface area contributed by atoms with E-state index in [2.05, 4.69) is 0 Å². The van der Waals surface area contributed by atoms with Crippen LogP contribution >= 0.6 is 0 Å². The maximum Gasteiger partial charge on any atom is 0.258 e. The molecule has 8 heteroatoms. The third-order valence-electron chi connectivity index (χ3n) is 6.31. The Bertz CT molecular complexity index is 1440. The summed E-state index contributed by atoms with van der Waals surface area (Å²) in [5, 5.41) is 4.72. The molecule has 1 aliphatic rings. The lowest BCUT2D eigenvalue weighted by molar-refractivity contribution is 0.0984. The molecule has 0 unspecified atom stereocenters. The highest BCUT2D eigenvalue weighted by Gasteiger charge is 2.33. The van der Waals surface area contributed by atoms with Gasteiger partial charge in [-0.2, -0.15) is 9.40 Å². The molecular weight excluding hydrogens is 460 g/mol. The number of nitrogens with zero attached hydrogens (tertiary/aromatic N) is 4. The Morgan fingerprint density at radius 2 is 1.51 bits per heavy atom. The Hall–Kier alpha value is -3.75. The molecule has 1 aromatic heterocycles. The van der Waals surface area contributed by atoms with Crippen molar-refractivity contribution in [3.8, 4) is 0 Å². The quantitative estimate of drug-likeness (QED) is 0.413. The second-order valence-corrected chi connectivity index (χ2v) is 10.4. The zero-order valence-electron chi connectivity index (χ0n) is 19.4. The summed E-state index contributed by atoms with van der Waals surface area (Å²) in [5.74, 6) is -0.138. The zero-order valence-corrected chi connectivity index (χ0v) is 20.2. The molecule has 3 aromatic carbocycles. The van der Waals surface area contributed by atoms with E-state index in [0.29, 0.717) is 24.2 Å². The van der Waals surface area contributed by atoms with Crippen LogP contribution in [0.25, 0.3) is 0 Å². The number of fused-ring (bicyclic) bond motifs is 1. The predicted molar refractivity (Wildman–Crippen MR) is 134 cm³/mol. The van der Waals surface area contributed by atoms with Crippen molar-refractivity contribution >= 4 is 21.6 Å². The Labute approximate surface area is 205 Å². The molecule has 0 N–H and O–H groups in total. The molecule has 1 amide bonds. The van der Waals surface area contributed by atoms with E-state index in [1.165, 1.54) is 4.31 Å². The van der Waals surface area contributed by atoms with Crippen molar-refractivity contribution in [1.82, 2.24) is 14.1 Å². The Kier molecular flexibility index (Phi) is 6.23. The monoisotopic (exact) mass is 486 g/mol. The minimum Gasteiger partial charge on any atom is -0.302 e. The fraction of sp³-hybridized carbons (Fsp3) is 0.185. The van der Waals surface area contributed by atoms with Gasteiger partial charge >= 0.3 is 0 Å². The first-order chi connectivity index (χ1) is 16.9. The van der Waals surface area contributed by atoms with Gasteiger partial charge in [0.2, 0.25) is 10.0 Å². The van der Waals surface area contributed by atoms with E-state index in [4.69, 9.17) is 5.10 Å². The van der Waals surface area contributed by atoms with Crippen LogP contribution in [-0.2, 0) is 36.6 Å². The van der Waals surface area contributed by atoms with Crippen molar-refractivity contribution in [3.63, 3.8) is 0 Å². The summed E-state index contributed by atoms with van der Waals surface area (Å²) in [6, 6.07) is 27.1. The van der Waals surface area contributed by atoms with Crippen LogP contribution in [0.2, 0.25) is 0 Å². The number of aromatic nitrogens is 2. The largest absolute Gasteiger partial charge is 0.302 e. The molecule has 35 heavy (non-hydrogen) atoms. The average Bonchev–Trinajstić information content (AvgIpc) is 3.23. The molecule has 0 aliphatic carbocycles. The maximum atomic E-state index is 13.5. The second kappa shape index (κ2) is 9.48. The molecule has 0 spiro atoms. The van der Waals surface area contributed by atoms with Gasteiger partial charge in [-0.15, -0.1) is 0 Å². The molecule has 178 valence electrons. The second-order valence-electron chi connectivity index (χ2n) is 8.49. The summed E-state index contributed by atoms with van der Waals surface area (Å²) in [6.45, 7) is 0.840. The third-order valence-corrected chi connectivity index (χ3v) is 8.17. The highest BCUT2D eigenvalue weighted by atomic mass is 32.2. The zero-order chi connectivity index (χ0) is 24.4. The van der Waals surface area contributed by atoms with Gasteiger partial charge in [0.15, 0.2) is 0 Å². The third kappa shape index (κ3) is 4.50. The van der Waals surface area contributed by atoms with Gasteiger partial charge in [0.05, 0.1) is 17.1 Å². The van der Waals surface area contributed by atoms with Crippen LogP contribution in [0.4, 0.5) is 5.69 Å². The molecule has 2 heterocycles. The molecular formula is C27H26N4O3S. The van der Waals surface area contributed by atoms with Crippen LogP contribution in [0.3, 0.4) is 0 Å². The van der Waals surface area contributed by atoms with Crippen molar-refractivity contribution in [3.05, 3.63) is 114 Å². The van der Waals surface area contributed by atoms with E-state index in [1.54, 1.807) is 47.4 Å². The number of anilines is 1. The first-order valence-electron chi connectivity index (χ1n) is 11.5. The van der Waals surface area contributed by atoms with E-state index >= 15 is 0 Å². The van der Waals surface area contributed by atoms with E-state index in [9.17, 15) is 13.2 Å². The Morgan fingerprint density at radius 1 is 0.914 bits per heavy atom. The van der Waals surface area contributed by atoms with Crippen LogP contribution in [0.1, 0.15) is 27.3 Å². The number of amides is 1. The summed E-state index contributed by atoms with van der Waals surface area (Å²) in [4.78, 5) is 15.5. The molecule has 0 atom stereocenters. The topological polar surface area (TPSA) is 75.5 Å².